The molecule has 18 heterocycles. The summed E-state index contributed by atoms with van der Waals surface area (Å²) >= 11 is 0. The van der Waals surface area contributed by atoms with Gasteiger partial charge in [0.15, 0.2) is 88.9 Å². The van der Waals surface area contributed by atoms with Gasteiger partial charge in [-0.25, -0.2) is 58.0 Å². The monoisotopic (exact) mass is 1710 g/mol. The zero-order valence-electron chi connectivity index (χ0n) is 70.8. The molecule has 9 aromatic heterocycles. The second-order valence-corrected chi connectivity index (χ2v) is 31.7. The van der Waals surface area contributed by atoms with Gasteiger partial charge in [-0.3, -0.25) is 43.5 Å². The smallest absolute Gasteiger partial charge is 0.279 e. The lowest BCUT2D eigenvalue weighted by Crippen LogP contribution is -2.44. The number of nitrogens with zero attached hydrogens (tertiary/aromatic N) is 24. The Bertz CT molecular complexity index is 6720. The molecule has 0 saturated carbocycles. The minimum Gasteiger partial charge on any atom is -0.495 e. The molecule has 648 valence electrons. The Labute approximate surface area is 727 Å². The number of likely N-dealkylation sites (N-methyl/N-ethyl adjacent to an activating group) is 3. The molecule has 3 fully saturated rings. The van der Waals surface area contributed by atoms with Crippen molar-refractivity contribution in [2.24, 2.45) is 0 Å². The van der Waals surface area contributed by atoms with Crippen molar-refractivity contribution in [2.75, 3.05) is 199 Å². The van der Waals surface area contributed by atoms with Crippen LogP contribution in [-0.4, -0.2) is 259 Å². The van der Waals surface area contributed by atoms with Crippen molar-refractivity contribution >= 4 is 120 Å². The highest BCUT2D eigenvalue weighted by Gasteiger charge is 2.34. The summed E-state index contributed by atoms with van der Waals surface area (Å²) in [4.78, 5) is 139. The molecule has 0 radical (unpaired) electrons. The fourth-order valence-electron chi connectivity index (χ4n) is 16.6. The summed E-state index contributed by atoms with van der Waals surface area (Å²) in [6.07, 6.45) is 8.85. The van der Waals surface area contributed by atoms with Crippen molar-refractivity contribution in [2.45, 2.75) is 58.2 Å². The number of aromatic nitrogens is 15. The van der Waals surface area contributed by atoms with Crippen LogP contribution in [0, 0.1) is 35.5 Å². The van der Waals surface area contributed by atoms with E-state index in [0.717, 1.165) is 138 Å². The number of anilines is 12. The van der Waals surface area contributed by atoms with E-state index in [-0.39, 0.29) is 73.9 Å². The van der Waals surface area contributed by atoms with Gasteiger partial charge in [-0.1, -0.05) is 36.0 Å². The number of amides is 3. The van der Waals surface area contributed by atoms with Crippen LogP contribution in [0.3, 0.4) is 0 Å². The van der Waals surface area contributed by atoms with E-state index in [0.29, 0.717) is 142 Å². The Morgan fingerprint density at radius 1 is 0.354 bits per heavy atom. The molecule has 6 bridgehead atoms. The predicted molar refractivity (Wildman–Crippen MR) is 479 cm³/mol. The Hall–Kier alpha value is -15.1. The van der Waals surface area contributed by atoms with Crippen LogP contribution < -0.4 is 85.7 Å². The Kier molecular flexibility index (Phi) is 22.7. The molecular formula is C89H91N27O11. The van der Waals surface area contributed by atoms with E-state index in [9.17, 15) is 28.8 Å². The number of methoxy groups -OCH3 is 2. The van der Waals surface area contributed by atoms with Crippen LogP contribution in [0.2, 0.25) is 0 Å². The molecule has 38 nitrogen and oxygen atoms in total. The molecular weight excluding hydrogens is 1620 g/mol. The van der Waals surface area contributed by atoms with Crippen LogP contribution in [0.25, 0.3) is 50.6 Å². The molecule has 127 heavy (non-hydrogen) atoms. The van der Waals surface area contributed by atoms with Crippen LogP contribution in [0.1, 0.15) is 38.5 Å². The fourth-order valence-corrected chi connectivity index (χ4v) is 16.6. The first-order valence-corrected chi connectivity index (χ1v) is 42.3. The van der Waals surface area contributed by atoms with Gasteiger partial charge in [0.2, 0.25) is 17.8 Å². The van der Waals surface area contributed by atoms with E-state index < -0.39 is 0 Å². The topological polar surface area (TPSA) is 359 Å². The molecule has 12 aromatic rings. The van der Waals surface area contributed by atoms with Gasteiger partial charge in [-0.05, 0) is 125 Å². The minimum absolute atomic E-state index is 0.0270. The number of hydrogen-bond acceptors (Lipinski definition) is 29. The summed E-state index contributed by atoms with van der Waals surface area (Å²) in [5.41, 5.74) is 5.87. The third-order valence-electron chi connectivity index (χ3n) is 23.6. The maximum atomic E-state index is 13.7. The lowest BCUT2D eigenvalue weighted by atomic mass is 10.2. The van der Waals surface area contributed by atoms with Gasteiger partial charge >= 0.3 is 0 Å². The molecule has 21 rings (SSSR count). The van der Waals surface area contributed by atoms with Crippen molar-refractivity contribution in [3.05, 3.63) is 147 Å². The summed E-state index contributed by atoms with van der Waals surface area (Å²) < 4.78 is 37.7. The van der Waals surface area contributed by atoms with E-state index in [2.05, 4.69) is 129 Å². The van der Waals surface area contributed by atoms with Crippen LogP contribution in [-0.2, 0) is 34.0 Å². The zero-order valence-corrected chi connectivity index (χ0v) is 70.8. The summed E-state index contributed by atoms with van der Waals surface area (Å²) in [5, 5.41) is 10.8. The molecule has 0 spiro atoms. The number of piperazine rings is 3. The number of rotatable bonds is 11. The number of ether oxygens (including phenoxy) is 5. The predicted octanol–water partition coefficient (Wildman–Crippen LogP) is 6.00. The van der Waals surface area contributed by atoms with Crippen molar-refractivity contribution in [1.29, 1.82) is 0 Å². The molecule has 3 amide bonds. The Morgan fingerprint density at radius 2 is 0.740 bits per heavy atom. The molecule has 9 aliphatic heterocycles. The van der Waals surface area contributed by atoms with E-state index in [1.54, 1.807) is 79.4 Å². The third-order valence-corrected chi connectivity index (χ3v) is 23.6. The van der Waals surface area contributed by atoms with Crippen LogP contribution in [0.5, 0.6) is 28.7 Å². The number of hydrogen-bond donors (Lipinski definition) is 3. The van der Waals surface area contributed by atoms with Crippen LogP contribution >= 0.6 is 0 Å². The number of carbonyl (C=O) groups excluding carboxylic acids is 3. The molecule has 3 aromatic carbocycles. The summed E-state index contributed by atoms with van der Waals surface area (Å²) in [5.74, 6) is 24.6. The second kappa shape index (κ2) is 35.3. The zero-order chi connectivity index (χ0) is 86.9. The van der Waals surface area contributed by atoms with Gasteiger partial charge in [0.25, 0.3) is 34.4 Å². The van der Waals surface area contributed by atoms with Crippen molar-refractivity contribution in [3.8, 4) is 81.7 Å². The van der Waals surface area contributed by atoms with Crippen molar-refractivity contribution in [3.63, 3.8) is 0 Å². The second-order valence-electron chi connectivity index (χ2n) is 31.7. The quantitative estimate of drug-likeness (QED) is 0.125. The first-order chi connectivity index (χ1) is 62.0. The lowest BCUT2D eigenvalue weighted by molar-refractivity contribution is -0.122. The number of fused-ring (bicyclic) bond motifs is 15. The normalized spacial score (nSPS) is 16.9. The van der Waals surface area contributed by atoms with Gasteiger partial charge in [-0.15, -0.1) is 5.92 Å². The summed E-state index contributed by atoms with van der Waals surface area (Å²) in [6, 6.07) is 30.5. The van der Waals surface area contributed by atoms with Crippen molar-refractivity contribution < 1.29 is 38.1 Å². The van der Waals surface area contributed by atoms with E-state index in [1.165, 1.54) is 38.3 Å². The third kappa shape index (κ3) is 16.4. The standard InChI is InChI=1S/C32H35N9O4.C29H29N9O4.C28H27N9O3/c1-37-15-17-38(18-16-37)24-19-22(9-10-25(24)44-2)34-32-33-20-23-29(36-32)41-27-12-11-26-30(35-27)39(28(42)21-45-26)13-7-5-3-4-6-8-14-40(41)31(23)43;1-34-12-14-35(15-13-34)21-7-6-19(16-23(21)41-2)31-29-30-17-20-26(33-29)38-24-9-8-22-27(32-24)36(25(39)18-42-22)10-4-3-5-11-37(38)28(20)40;1-33-13-15-34(16-14-33)20-7-5-19(6-8-20)30-28-29-17-21-25(32-28)37-23-10-9-22-26(31-23)35(24(38)18-40-22)11-3-2-4-12-36(37)27(21)39/h9-12,19-20H,3-5,7,13-18,21H2,1-2H3,(H,33,34,36);6-9,16-17H,4,10-15,18H2,1-2H3,(H,30,31,33);5-10,17H,3,11-16,18H2,1H3,(H,29,30,32). The molecule has 9 aliphatic rings. The first kappa shape index (κ1) is 81.6. The highest BCUT2D eigenvalue weighted by molar-refractivity contribution is 5.99. The van der Waals surface area contributed by atoms with Gasteiger partial charge in [0.1, 0.15) is 47.3 Å². The average molecular weight is 1710 g/mol. The SMILES string of the molecule is CN1CCN(c2ccc(Nc3ncc4c(=O)n5n(c4n3)-c3ccc4c(n3)N(CCC#CC5)C(=O)CO4)cc2)CC1.COc1cc(Nc2ncc3c(=O)n4n(c3n2)-c2ccc3c(n2)N(CCC#CC4)C(=O)CO3)ccc1N1CCN(C)CC1.COc1ccc(Nc2ncc3c(=O)n4n(c3n2)-c2ccc3c(n2)N(CCCCCC#CC4)C(=O)CO3)cc1N1CCN(C)CC1. The minimum atomic E-state index is -0.285. The summed E-state index contributed by atoms with van der Waals surface area (Å²) in [6.45, 7) is 13.2. The fraction of sp³-hybridized carbons (Fsp3) is 0.360. The van der Waals surface area contributed by atoms with Crippen molar-refractivity contribution in [1.82, 2.24) is 87.6 Å². The Balaban J connectivity index is 0.000000124. The van der Waals surface area contributed by atoms with Gasteiger partial charge in [0.05, 0.1) is 25.6 Å². The molecule has 3 N–H and O–H groups in total. The average Bonchev–Trinajstić information content (AvgIpc) is 1.61. The van der Waals surface area contributed by atoms with Crippen LogP contribution in [0.15, 0.2) is 130 Å². The van der Waals surface area contributed by atoms with E-state index in [1.807, 2.05) is 48.5 Å². The number of benzene rings is 3. The molecule has 0 unspecified atom stereocenters. The molecule has 0 atom stereocenters. The molecule has 38 heteroatoms. The number of carbonyl (C=O) groups is 3. The Morgan fingerprint density at radius 3 is 1.18 bits per heavy atom. The van der Waals surface area contributed by atoms with Gasteiger partial charge in [0, 0.05) is 165 Å². The first-order valence-electron chi connectivity index (χ1n) is 42.3. The highest BCUT2D eigenvalue weighted by atomic mass is 16.5. The van der Waals surface area contributed by atoms with Crippen LogP contribution in [0.4, 0.5) is 69.4 Å². The van der Waals surface area contributed by atoms with E-state index in [4.69, 9.17) is 53.6 Å². The maximum absolute atomic E-state index is 13.7. The van der Waals surface area contributed by atoms with Gasteiger partial charge in [-0.2, -0.15) is 15.0 Å². The molecule has 3 saturated heterocycles. The largest absolute Gasteiger partial charge is 0.495 e. The maximum Gasteiger partial charge on any atom is 0.279 e. The van der Waals surface area contributed by atoms with Gasteiger partial charge < -0.3 is 69.0 Å². The highest BCUT2D eigenvalue weighted by Crippen LogP contribution is 2.39. The number of nitrogens with one attached hydrogen (secondary N) is 3. The number of pyridine rings is 3. The lowest BCUT2D eigenvalue weighted by Gasteiger charge is -2.34. The van der Waals surface area contributed by atoms with E-state index >= 15 is 0 Å². The summed E-state index contributed by atoms with van der Waals surface area (Å²) in [7, 11) is 9.73. The molecule has 0 aliphatic carbocycles.